The Balaban J connectivity index is 1.32. The lowest BCUT2D eigenvalue weighted by Crippen LogP contribution is -2.47. The normalized spacial score (nSPS) is 14.8. The minimum Gasteiger partial charge on any atom is -0.481 e. The number of carboxylic acid groups (broad SMARTS) is 1. The van der Waals surface area contributed by atoms with Crippen LogP contribution in [-0.4, -0.2) is 60.7 Å². The first-order valence-electron chi connectivity index (χ1n) is 13.8. The number of β-amino-alcohol motifs (C(OH)–C–C–N with tert-alkyl or cyclic N) is 1. The molecule has 0 fully saturated rings. The zero-order valence-corrected chi connectivity index (χ0v) is 24.3. The molecule has 0 spiro atoms. The predicted molar refractivity (Wildman–Crippen MR) is 158 cm³/mol. The maximum absolute atomic E-state index is 13.3. The van der Waals surface area contributed by atoms with Gasteiger partial charge in [0.1, 0.15) is 0 Å². The molecule has 0 bridgehead atoms. The first-order chi connectivity index (χ1) is 18.9. The molecule has 1 atom stereocenters. The molecule has 0 amide bonds. The van der Waals surface area contributed by atoms with Gasteiger partial charge >= 0.3 is 5.97 Å². The van der Waals surface area contributed by atoms with Gasteiger partial charge in [-0.1, -0.05) is 60.7 Å². The van der Waals surface area contributed by atoms with Gasteiger partial charge in [0.15, 0.2) is 0 Å². The van der Waals surface area contributed by atoms with E-state index in [9.17, 15) is 18.3 Å². The highest BCUT2D eigenvalue weighted by Gasteiger charge is 2.29. The smallest absolute Gasteiger partial charge is 0.303 e. The largest absolute Gasteiger partial charge is 0.481 e. The third-order valence-electron chi connectivity index (χ3n) is 7.68. The molecule has 3 N–H and O–H groups in total. The van der Waals surface area contributed by atoms with Gasteiger partial charge in [0.25, 0.3) is 0 Å². The topological polar surface area (TPSA) is 107 Å². The number of hydrogen-bond donors (Lipinski definition) is 3. The monoisotopic (exact) mass is 564 g/mol. The Morgan fingerprint density at radius 1 is 1.00 bits per heavy atom. The second-order valence-electron chi connectivity index (χ2n) is 11.6. The van der Waals surface area contributed by atoms with Crippen LogP contribution in [0.3, 0.4) is 0 Å². The Morgan fingerprint density at radius 3 is 2.27 bits per heavy atom. The summed E-state index contributed by atoms with van der Waals surface area (Å²) in [5.74, 6) is -0.292. The summed E-state index contributed by atoms with van der Waals surface area (Å²) in [6.45, 7) is 4.53. The van der Waals surface area contributed by atoms with Crippen molar-refractivity contribution in [2.75, 3.05) is 20.1 Å². The van der Waals surface area contributed by atoms with Crippen molar-refractivity contribution >= 4 is 16.0 Å². The number of nitrogens with one attached hydrogen (secondary N) is 1. The van der Waals surface area contributed by atoms with Gasteiger partial charge in [0, 0.05) is 32.1 Å². The van der Waals surface area contributed by atoms with E-state index in [1.165, 1.54) is 22.5 Å². The number of likely N-dealkylation sites (N-methyl/N-ethyl adjacent to an activating group) is 1. The fourth-order valence-corrected chi connectivity index (χ4v) is 6.83. The van der Waals surface area contributed by atoms with Crippen LogP contribution in [0.4, 0.5) is 0 Å². The minimum absolute atomic E-state index is 0.0250. The molecule has 0 radical (unpaired) electrons. The predicted octanol–water partition coefficient (Wildman–Crippen LogP) is 4.53. The quantitative estimate of drug-likeness (QED) is 0.282. The Hall–Kier alpha value is -3.04. The van der Waals surface area contributed by atoms with Crippen molar-refractivity contribution in [2.45, 2.75) is 62.5 Å². The van der Waals surface area contributed by atoms with E-state index in [1.807, 2.05) is 30.3 Å². The van der Waals surface area contributed by atoms with Crippen LogP contribution in [0.2, 0.25) is 0 Å². The zero-order chi connectivity index (χ0) is 28.9. The number of rotatable bonds is 13. The lowest BCUT2D eigenvalue weighted by Gasteiger charge is -2.31. The highest BCUT2D eigenvalue weighted by molar-refractivity contribution is 7.89. The Kier molecular flexibility index (Phi) is 9.46. The molecule has 0 aromatic heterocycles. The summed E-state index contributed by atoms with van der Waals surface area (Å²) in [5, 5.41) is 23.1. The highest BCUT2D eigenvalue weighted by Crippen LogP contribution is 2.32. The van der Waals surface area contributed by atoms with Crippen molar-refractivity contribution in [3.05, 3.63) is 89.5 Å². The molecule has 4 rings (SSSR count). The number of fused-ring (bicyclic) bond motifs is 1. The fraction of sp³-hybridized carbons (Fsp3) is 0.406. The minimum atomic E-state index is -3.81. The van der Waals surface area contributed by atoms with Gasteiger partial charge in [0.05, 0.1) is 11.0 Å². The Labute approximate surface area is 237 Å². The van der Waals surface area contributed by atoms with Crippen LogP contribution in [0.25, 0.3) is 11.1 Å². The number of aryl methyl sites for hydroxylation is 1. The summed E-state index contributed by atoms with van der Waals surface area (Å²) in [6.07, 6.45) is 2.75. The Morgan fingerprint density at radius 2 is 1.65 bits per heavy atom. The van der Waals surface area contributed by atoms with Crippen molar-refractivity contribution in [2.24, 2.45) is 5.92 Å². The van der Waals surface area contributed by atoms with Crippen LogP contribution in [0, 0.1) is 5.92 Å². The van der Waals surface area contributed by atoms with Crippen LogP contribution in [0.15, 0.2) is 77.7 Å². The molecule has 0 unspecified atom stereocenters. The summed E-state index contributed by atoms with van der Waals surface area (Å²) in [4.78, 5) is 11.0. The highest BCUT2D eigenvalue weighted by atomic mass is 32.2. The zero-order valence-electron chi connectivity index (χ0n) is 23.5. The van der Waals surface area contributed by atoms with Crippen molar-refractivity contribution in [1.29, 1.82) is 0 Å². The number of aliphatic hydroxyl groups excluding tert-OH is 1. The molecule has 0 saturated heterocycles. The molecule has 3 aromatic carbocycles. The van der Waals surface area contributed by atoms with E-state index >= 15 is 0 Å². The van der Waals surface area contributed by atoms with E-state index in [1.54, 1.807) is 18.2 Å². The molecule has 0 saturated carbocycles. The van der Waals surface area contributed by atoms with Crippen molar-refractivity contribution in [1.82, 2.24) is 9.62 Å². The molecule has 7 nitrogen and oxygen atoms in total. The van der Waals surface area contributed by atoms with Gasteiger partial charge in [-0.3, -0.25) is 4.79 Å². The molecule has 1 aliphatic rings. The fourth-order valence-electron chi connectivity index (χ4n) is 5.57. The Bertz CT molecular complexity index is 1390. The SMILES string of the molecule is CN(C[C@H](O)CNC(C)(C)CC1Cc2ccccc2C1)S(=O)(=O)c1cccc(-c2ccc(CCC(=O)O)cc2)c1. The maximum Gasteiger partial charge on any atom is 0.303 e. The van der Waals surface area contributed by atoms with E-state index in [2.05, 4.69) is 43.4 Å². The average Bonchev–Trinajstić information content (AvgIpc) is 3.32. The summed E-state index contributed by atoms with van der Waals surface area (Å²) in [5.41, 5.74) is 5.16. The average molecular weight is 565 g/mol. The van der Waals surface area contributed by atoms with E-state index in [-0.39, 0.29) is 23.4 Å². The van der Waals surface area contributed by atoms with Crippen molar-refractivity contribution in [3.8, 4) is 11.1 Å². The molecule has 0 heterocycles. The molecule has 40 heavy (non-hydrogen) atoms. The molecule has 3 aromatic rings. The van der Waals surface area contributed by atoms with E-state index < -0.39 is 22.1 Å². The van der Waals surface area contributed by atoms with Gasteiger partial charge in [0.2, 0.25) is 10.0 Å². The lowest BCUT2D eigenvalue weighted by molar-refractivity contribution is -0.136. The molecule has 8 heteroatoms. The third-order valence-corrected chi connectivity index (χ3v) is 9.50. The summed E-state index contributed by atoms with van der Waals surface area (Å²) < 4.78 is 27.9. The molecule has 1 aliphatic carbocycles. The number of benzene rings is 3. The van der Waals surface area contributed by atoms with Gasteiger partial charge in [-0.15, -0.1) is 0 Å². The summed E-state index contributed by atoms with van der Waals surface area (Å²) in [7, 11) is -2.32. The van der Waals surface area contributed by atoms with E-state index in [0.717, 1.165) is 36.0 Å². The van der Waals surface area contributed by atoms with E-state index in [4.69, 9.17) is 5.11 Å². The number of sulfonamides is 1. The maximum atomic E-state index is 13.3. The molecule has 0 aliphatic heterocycles. The second-order valence-corrected chi connectivity index (χ2v) is 13.6. The molecular formula is C32H40N2O5S. The second kappa shape index (κ2) is 12.6. The summed E-state index contributed by atoms with van der Waals surface area (Å²) >= 11 is 0. The van der Waals surface area contributed by atoms with Crippen LogP contribution in [-0.2, 0) is 34.1 Å². The molecular weight excluding hydrogens is 524 g/mol. The molecule has 214 valence electrons. The number of hydrogen-bond acceptors (Lipinski definition) is 5. The van der Waals surface area contributed by atoms with Gasteiger partial charge in [-0.25, -0.2) is 8.42 Å². The first kappa shape index (κ1) is 29.9. The number of aliphatic hydroxyl groups is 1. The lowest BCUT2D eigenvalue weighted by atomic mass is 9.88. The third kappa shape index (κ3) is 7.79. The standard InChI is InChI=1S/C32H40N2O5S/c1-32(2,20-24-17-26-7-4-5-8-27(26)18-24)33-21-29(35)22-34(3)40(38,39)30-10-6-9-28(19-30)25-14-11-23(12-15-25)13-16-31(36)37/h4-12,14-15,19,24,29,33,35H,13,16-18,20-22H2,1-3H3,(H,36,37)/t29-/m1/s1. The van der Waals surface area contributed by atoms with Gasteiger partial charge in [-0.05, 0) is 85.4 Å². The number of nitrogens with zero attached hydrogens (tertiary/aromatic N) is 1. The van der Waals surface area contributed by atoms with Crippen LogP contribution >= 0.6 is 0 Å². The first-order valence-corrected chi connectivity index (χ1v) is 15.2. The number of aliphatic carboxylic acids is 1. The van der Waals surface area contributed by atoms with Crippen LogP contribution in [0.1, 0.15) is 43.4 Å². The summed E-state index contributed by atoms with van der Waals surface area (Å²) in [6, 6.07) is 22.8. The number of carboxylic acids is 1. The van der Waals surface area contributed by atoms with Crippen LogP contribution < -0.4 is 5.32 Å². The number of carbonyl (C=O) groups is 1. The van der Waals surface area contributed by atoms with Crippen molar-refractivity contribution < 1.29 is 23.4 Å². The van der Waals surface area contributed by atoms with Crippen LogP contribution in [0.5, 0.6) is 0 Å². The van der Waals surface area contributed by atoms with Gasteiger partial charge < -0.3 is 15.5 Å². The van der Waals surface area contributed by atoms with E-state index in [0.29, 0.717) is 18.9 Å². The van der Waals surface area contributed by atoms with Gasteiger partial charge in [-0.2, -0.15) is 4.31 Å². The van der Waals surface area contributed by atoms with Crippen molar-refractivity contribution in [3.63, 3.8) is 0 Å².